The van der Waals surface area contributed by atoms with Gasteiger partial charge in [0.1, 0.15) is 11.4 Å². The highest BCUT2D eigenvalue weighted by Gasteiger charge is 2.34. The molecule has 0 N–H and O–H groups in total. The van der Waals surface area contributed by atoms with E-state index in [9.17, 15) is 14.9 Å². The van der Waals surface area contributed by atoms with Gasteiger partial charge in [-0.25, -0.2) is 4.79 Å². The lowest BCUT2D eigenvalue weighted by atomic mass is 10.1. The monoisotopic (exact) mass is 296 g/mol. The molecule has 0 amide bonds. The summed E-state index contributed by atoms with van der Waals surface area (Å²) >= 11 is 0. The van der Waals surface area contributed by atoms with Crippen molar-refractivity contribution >= 4 is 17.3 Å². The number of hydrogen-bond acceptors (Lipinski definition) is 7. The Kier molecular flexibility index (Phi) is 4.59. The smallest absolute Gasteiger partial charge is 0.330 e. The zero-order valence-electron chi connectivity index (χ0n) is 11.8. The van der Waals surface area contributed by atoms with Crippen LogP contribution < -0.4 is 9.64 Å². The molecule has 2 rings (SSSR count). The van der Waals surface area contributed by atoms with Crippen LogP contribution in [0.1, 0.15) is 0 Å². The molecule has 1 saturated heterocycles. The van der Waals surface area contributed by atoms with Crippen LogP contribution >= 0.6 is 0 Å². The van der Waals surface area contributed by atoms with Crippen LogP contribution in [0, 0.1) is 10.1 Å². The molecule has 1 aliphatic heterocycles. The Morgan fingerprint density at radius 3 is 2.86 bits per heavy atom. The second-order valence-corrected chi connectivity index (χ2v) is 4.42. The number of hydrogen-bond donors (Lipinski definition) is 0. The second-order valence-electron chi connectivity index (χ2n) is 4.42. The topological polar surface area (TPSA) is 91.1 Å². The summed E-state index contributed by atoms with van der Waals surface area (Å²) in [5.41, 5.74) is 0.227. The number of carbonyl (C=O) groups excluding carboxylic acids is 1. The van der Waals surface area contributed by atoms with Crippen LogP contribution in [0.25, 0.3) is 0 Å². The molecule has 0 saturated carbocycles. The number of morpholine rings is 1. The summed E-state index contributed by atoms with van der Waals surface area (Å²) < 4.78 is 15.0. The van der Waals surface area contributed by atoms with E-state index in [0.29, 0.717) is 24.6 Å². The van der Waals surface area contributed by atoms with Crippen LogP contribution in [-0.2, 0) is 14.3 Å². The molecule has 0 spiro atoms. The van der Waals surface area contributed by atoms with Crippen LogP contribution in [0.15, 0.2) is 18.2 Å². The molecule has 1 heterocycles. The van der Waals surface area contributed by atoms with Gasteiger partial charge in [0.25, 0.3) is 5.69 Å². The van der Waals surface area contributed by atoms with Crippen LogP contribution in [-0.4, -0.2) is 50.9 Å². The molecule has 21 heavy (non-hydrogen) atoms. The fraction of sp³-hybridized carbons (Fsp3) is 0.462. The number of ether oxygens (including phenoxy) is 3. The SMILES string of the molecule is COC(=O)C1COCCN1c1ccc(OC)cc1[N+](=O)[O-]. The van der Waals surface area contributed by atoms with E-state index in [1.54, 1.807) is 17.0 Å². The maximum Gasteiger partial charge on any atom is 0.330 e. The largest absolute Gasteiger partial charge is 0.496 e. The number of carbonyl (C=O) groups is 1. The highest BCUT2D eigenvalue weighted by Crippen LogP contribution is 2.34. The Labute approximate surface area is 121 Å². The van der Waals surface area contributed by atoms with Crippen molar-refractivity contribution in [2.24, 2.45) is 0 Å². The Balaban J connectivity index is 2.42. The number of esters is 1. The van der Waals surface area contributed by atoms with Crippen LogP contribution in [0.3, 0.4) is 0 Å². The normalized spacial score (nSPS) is 18.2. The molecule has 0 aliphatic carbocycles. The molecule has 0 aromatic heterocycles. The summed E-state index contributed by atoms with van der Waals surface area (Å²) in [6, 6.07) is 3.82. The molecule has 0 bridgehead atoms. The Morgan fingerprint density at radius 2 is 2.24 bits per heavy atom. The number of methoxy groups -OCH3 is 2. The van der Waals surface area contributed by atoms with Crippen LogP contribution in [0.5, 0.6) is 5.75 Å². The van der Waals surface area contributed by atoms with E-state index in [0.717, 1.165) is 0 Å². The van der Waals surface area contributed by atoms with E-state index in [1.807, 2.05) is 0 Å². The van der Waals surface area contributed by atoms with Crippen molar-refractivity contribution in [2.45, 2.75) is 6.04 Å². The number of nitrogens with zero attached hydrogens (tertiary/aromatic N) is 2. The molecule has 1 aromatic carbocycles. The predicted octanol–water partition coefficient (Wildman–Crippen LogP) is 0.982. The molecular weight excluding hydrogens is 280 g/mol. The number of nitro groups is 1. The van der Waals surface area contributed by atoms with Crippen molar-refractivity contribution < 1.29 is 23.9 Å². The average Bonchev–Trinajstić information content (AvgIpc) is 2.53. The van der Waals surface area contributed by atoms with Gasteiger partial charge in [0.15, 0.2) is 6.04 Å². The van der Waals surface area contributed by atoms with Gasteiger partial charge in [0.05, 0.1) is 38.4 Å². The van der Waals surface area contributed by atoms with Gasteiger partial charge in [0.2, 0.25) is 0 Å². The highest BCUT2D eigenvalue weighted by molar-refractivity contribution is 5.82. The zero-order chi connectivity index (χ0) is 15.4. The van der Waals surface area contributed by atoms with Crippen molar-refractivity contribution in [3.63, 3.8) is 0 Å². The number of rotatable bonds is 4. The fourth-order valence-electron chi connectivity index (χ4n) is 2.24. The molecule has 1 aromatic rings. The van der Waals surface area contributed by atoms with E-state index in [4.69, 9.17) is 14.2 Å². The van der Waals surface area contributed by atoms with Crippen molar-refractivity contribution in [3.8, 4) is 5.75 Å². The standard InChI is InChI=1S/C13H16N2O6/c1-19-9-3-4-10(11(7-9)15(17)18)14-5-6-21-8-12(14)13(16)20-2/h3-4,7,12H,5-6,8H2,1-2H3. The molecular formula is C13H16N2O6. The summed E-state index contributed by atoms with van der Waals surface area (Å²) in [5.74, 6) is -0.104. The quantitative estimate of drug-likeness (QED) is 0.464. The van der Waals surface area contributed by atoms with Gasteiger partial charge in [-0.05, 0) is 12.1 Å². The minimum atomic E-state index is -0.698. The van der Waals surface area contributed by atoms with Crippen molar-refractivity contribution in [3.05, 3.63) is 28.3 Å². The predicted molar refractivity (Wildman–Crippen MR) is 73.6 cm³/mol. The number of nitro benzene ring substituents is 1. The maximum atomic E-state index is 11.8. The summed E-state index contributed by atoms with van der Waals surface area (Å²) in [4.78, 5) is 24.2. The van der Waals surface area contributed by atoms with Gasteiger partial charge >= 0.3 is 5.97 Å². The van der Waals surface area contributed by atoms with Gasteiger partial charge in [-0.2, -0.15) is 0 Å². The molecule has 1 atom stereocenters. The minimum absolute atomic E-state index is 0.120. The van der Waals surface area contributed by atoms with E-state index in [-0.39, 0.29) is 12.3 Å². The first-order valence-electron chi connectivity index (χ1n) is 6.33. The van der Waals surface area contributed by atoms with Crippen LogP contribution in [0.4, 0.5) is 11.4 Å². The Bertz CT molecular complexity index is 547. The molecule has 1 fully saturated rings. The van der Waals surface area contributed by atoms with Gasteiger partial charge < -0.3 is 19.1 Å². The van der Waals surface area contributed by atoms with E-state index >= 15 is 0 Å². The molecule has 8 nitrogen and oxygen atoms in total. The fourth-order valence-corrected chi connectivity index (χ4v) is 2.24. The summed E-state index contributed by atoms with van der Waals surface area (Å²) in [6.45, 7) is 0.888. The molecule has 1 aliphatic rings. The number of anilines is 1. The van der Waals surface area contributed by atoms with Crippen LogP contribution in [0.2, 0.25) is 0 Å². The maximum absolute atomic E-state index is 11.8. The molecule has 1 unspecified atom stereocenters. The lowest BCUT2D eigenvalue weighted by molar-refractivity contribution is -0.384. The molecule has 8 heteroatoms. The second kappa shape index (κ2) is 6.40. The van der Waals surface area contributed by atoms with Crippen molar-refractivity contribution in [1.82, 2.24) is 0 Å². The first-order chi connectivity index (χ1) is 10.1. The zero-order valence-corrected chi connectivity index (χ0v) is 11.8. The minimum Gasteiger partial charge on any atom is -0.496 e. The van der Waals surface area contributed by atoms with Crippen molar-refractivity contribution in [2.75, 3.05) is 38.9 Å². The summed E-state index contributed by atoms with van der Waals surface area (Å²) in [6.07, 6.45) is 0. The lowest BCUT2D eigenvalue weighted by Crippen LogP contribution is -2.50. The van der Waals surface area contributed by atoms with E-state index in [2.05, 4.69) is 0 Å². The Hall–Kier alpha value is -2.35. The highest BCUT2D eigenvalue weighted by atomic mass is 16.6. The summed E-state index contributed by atoms with van der Waals surface area (Å²) in [5, 5.41) is 11.3. The van der Waals surface area contributed by atoms with Gasteiger partial charge in [-0.1, -0.05) is 0 Å². The van der Waals surface area contributed by atoms with Gasteiger partial charge in [-0.3, -0.25) is 10.1 Å². The number of benzene rings is 1. The first kappa shape index (κ1) is 15.0. The lowest BCUT2D eigenvalue weighted by Gasteiger charge is -2.35. The Morgan fingerprint density at radius 1 is 1.48 bits per heavy atom. The first-order valence-corrected chi connectivity index (χ1v) is 6.33. The van der Waals surface area contributed by atoms with Crippen molar-refractivity contribution in [1.29, 1.82) is 0 Å². The molecule has 114 valence electrons. The molecule has 0 radical (unpaired) electrons. The van der Waals surface area contributed by atoms with Gasteiger partial charge in [-0.15, -0.1) is 0 Å². The third kappa shape index (κ3) is 3.05. The third-order valence-corrected chi connectivity index (χ3v) is 3.29. The summed E-state index contributed by atoms with van der Waals surface area (Å²) in [7, 11) is 2.71. The third-order valence-electron chi connectivity index (χ3n) is 3.29. The van der Waals surface area contributed by atoms with E-state index < -0.39 is 16.9 Å². The van der Waals surface area contributed by atoms with E-state index in [1.165, 1.54) is 20.3 Å². The van der Waals surface area contributed by atoms with Gasteiger partial charge in [0, 0.05) is 6.54 Å². The average molecular weight is 296 g/mol.